The number of rotatable bonds is 3. The van der Waals surface area contributed by atoms with Crippen molar-refractivity contribution in [2.75, 3.05) is 6.54 Å². The van der Waals surface area contributed by atoms with Crippen molar-refractivity contribution in [2.24, 2.45) is 21.0 Å². The average molecular weight is 282 g/mol. The molecule has 1 aromatic carbocycles. The fraction of sp³-hybridized carbons (Fsp3) is 0.308. The first-order valence-corrected chi connectivity index (χ1v) is 5.92. The number of azo groups is 1. The first-order valence-electron chi connectivity index (χ1n) is 5.92. The number of benzene rings is 1. The highest BCUT2D eigenvalue weighted by atomic mass is 19.4. The van der Waals surface area contributed by atoms with Gasteiger partial charge in [0.1, 0.15) is 5.84 Å². The van der Waals surface area contributed by atoms with Crippen molar-refractivity contribution in [1.82, 2.24) is 0 Å². The maximum atomic E-state index is 12.4. The molecule has 0 amide bonds. The van der Waals surface area contributed by atoms with Gasteiger partial charge in [0.05, 0.1) is 23.5 Å². The van der Waals surface area contributed by atoms with Crippen LogP contribution in [0.3, 0.4) is 0 Å². The minimum atomic E-state index is -4.34. The molecule has 0 saturated carbocycles. The molecule has 0 radical (unpaired) electrons. The minimum Gasteiger partial charge on any atom is -0.387 e. The highest BCUT2D eigenvalue weighted by Gasteiger charge is 2.29. The molecule has 0 bridgehead atoms. The summed E-state index contributed by atoms with van der Waals surface area (Å²) in [5.41, 5.74) is 7.25. The van der Waals surface area contributed by atoms with Gasteiger partial charge in [-0.1, -0.05) is 0 Å². The SMILES string of the molecule is CC1=C(CC(N)=Nc2ccc(C(F)(F)F)cc2)CN=N1. The van der Waals surface area contributed by atoms with Crippen LogP contribution in [0.25, 0.3) is 0 Å². The molecule has 0 spiro atoms. The average Bonchev–Trinajstić information content (AvgIpc) is 2.74. The molecule has 7 heteroatoms. The number of amidine groups is 1. The third kappa shape index (κ3) is 3.43. The molecule has 106 valence electrons. The second-order valence-corrected chi connectivity index (χ2v) is 4.41. The van der Waals surface area contributed by atoms with Gasteiger partial charge in [0.25, 0.3) is 0 Å². The Hall–Kier alpha value is -2.18. The summed E-state index contributed by atoms with van der Waals surface area (Å²) in [6, 6.07) is 4.55. The predicted octanol–water partition coefficient (Wildman–Crippen LogP) is 3.82. The Labute approximate surface area is 113 Å². The van der Waals surface area contributed by atoms with E-state index < -0.39 is 11.7 Å². The highest BCUT2D eigenvalue weighted by molar-refractivity contribution is 5.85. The van der Waals surface area contributed by atoms with Crippen molar-refractivity contribution >= 4 is 11.5 Å². The van der Waals surface area contributed by atoms with Gasteiger partial charge in [-0.15, -0.1) is 0 Å². The van der Waals surface area contributed by atoms with E-state index in [-0.39, 0.29) is 0 Å². The molecule has 1 heterocycles. The van der Waals surface area contributed by atoms with Gasteiger partial charge in [0.2, 0.25) is 0 Å². The summed E-state index contributed by atoms with van der Waals surface area (Å²) in [5, 5.41) is 7.75. The molecule has 0 saturated heterocycles. The van der Waals surface area contributed by atoms with Crippen LogP contribution in [0.15, 0.2) is 50.8 Å². The number of hydrogen-bond acceptors (Lipinski definition) is 3. The van der Waals surface area contributed by atoms with E-state index in [1.54, 1.807) is 0 Å². The molecule has 0 aliphatic carbocycles. The predicted molar refractivity (Wildman–Crippen MR) is 69.8 cm³/mol. The van der Waals surface area contributed by atoms with E-state index in [1.165, 1.54) is 12.1 Å². The van der Waals surface area contributed by atoms with Gasteiger partial charge >= 0.3 is 6.18 Å². The lowest BCUT2D eigenvalue weighted by molar-refractivity contribution is -0.137. The summed E-state index contributed by atoms with van der Waals surface area (Å²) in [5.74, 6) is 0.325. The van der Waals surface area contributed by atoms with Crippen LogP contribution in [0, 0.1) is 0 Å². The number of nitrogens with zero attached hydrogens (tertiary/aromatic N) is 3. The van der Waals surface area contributed by atoms with E-state index in [1.807, 2.05) is 6.92 Å². The topological polar surface area (TPSA) is 63.1 Å². The van der Waals surface area contributed by atoms with Crippen molar-refractivity contribution < 1.29 is 13.2 Å². The summed E-state index contributed by atoms with van der Waals surface area (Å²) in [6.45, 7) is 2.33. The maximum Gasteiger partial charge on any atom is 0.416 e. The Morgan fingerprint density at radius 2 is 1.95 bits per heavy atom. The van der Waals surface area contributed by atoms with Crippen LogP contribution in [0.1, 0.15) is 18.9 Å². The van der Waals surface area contributed by atoms with Crippen LogP contribution in [-0.4, -0.2) is 12.4 Å². The van der Waals surface area contributed by atoms with Crippen molar-refractivity contribution in [3.05, 3.63) is 41.1 Å². The number of alkyl halides is 3. The fourth-order valence-electron chi connectivity index (χ4n) is 1.74. The second kappa shape index (κ2) is 5.44. The molecule has 4 nitrogen and oxygen atoms in total. The van der Waals surface area contributed by atoms with Gasteiger partial charge in [-0.2, -0.15) is 23.4 Å². The third-order valence-electron chi connectivity index (χ3n) is 2.86. The second-order valence-electron chi connectivity index (χ2n) is 4.41. The molecular formula is C13H13F3N4. The molecule has 1 aliphatic rings. The first kappa shape index (κ1) is 14.2. The zero-order valence-electron chi connectivity index (χ0n) is 10.8. The van der Waals surface area contributed by atoms with E-state index in [2.05, 4.69) is 15.2 Å². The Bertz CT molecular complexity index is 583. The van der Waals surface area contributed by atoms with Crippen molar-refractivity contribution in [3.8, 4) is 0 Å². The number of aliphatic imine (C=N–C) groups is 1. The van der Waals surface area contributed by atoms with Gasteiger partial charge in [0.15, 0.2) is 0 Å². The Kier molecular flexibility index (Phi) is 3.87. The summed E-state index contributed by atoms with van der Waals surface area (Å²) in [6.07, 6.45) is -3.93. The van der Waals surface area contributed by atoms with Gasteiger partial charge in [-0.25, -0.2) is 4.99 Å². The van der Waals surface area contributed by atoms with Crippen LogP contribution in [0.5, 0.6) is 0 Å². The molecule has 1 aliphatic heterocycles. The van der Waals surface area contributed by atoms with Crippen molar-refractivity contribution in [2.45, 2.75) is 19.5 Å². The summed E-state index contributed by atoms with van der Waals surface area (Å²) < 4.78 is 37.2. The Morgan fingerprint density at radius 3 is 2.45 bits per heavy atom. The van der Waals surface area contributed by atoms with Crippen molar-refractivity contribution in [1.29, 1.82) is 0 Å². The van der Waals surface area contributed by atoms with E-state index in [0.717, 1.165) is 23.4 Å². The molecule has 2 rings (SSSR count). The largest absolute Gasteiger partial charge is 0.416 e. The smallest absolute Gasteiger partial charge is 0.387 e. The van der Waals surface area contributed by atoms with Gasteiger partial charge < -0.3 is 5.73 Å². The molecule has 0 unspecified atom stereocenters. The molecule has 0 aromatic heterocycles. The first-order chi connectivity index (χ1) is 9.36. The van der Waals surface area contributed by atoms with Crippen LogP contribution < -0.4 is 5.73 Å². The molecule has 0 fully saturated rings. The lowest BCUT2D eigenvalue weighted by Gasteiger charge is -2.06. The summed E-state index contributed by atoms with van der Waals surface area (Å²) in [4.78, 5) is 4.09. The molecule has 2 N–H and O–H groups in total. The normalized spacial score (nSPS) is 16.1. The number of halogens is 3. The molecule has 0 atom stereocenters. The molecule has 1 aromatic rings. The van der Waals surface area contributed by atoms with Crippen molar-refractivity contribution in [3.63, 3.8) is 0 Å². The van der Waals surface area contributed by atoms with E-state index in [0.29, 0.717) is 24.5 Å². The lowest BCUT2D eigenvalue weighted by atomic mass is 10.1. The van der Waals surface area contributed by atoms with Gasteiger partial charge in [0, 0.05) is 6.42 Å². The van der Waals surface area contributed by atoms with E-state index >= 15 is 0 Å². The number of nitrogens with two attached hydrogens (primary N) is 1. The number of allylic oxidation sites excluding steroid dienone is 1. The summed E-state index contributed by atoms with van der Waals surface area (Å²) >= 11 is 0. The summed E-state index contributed by atoms with van der Waals surface area (Å²) in [7, 11) is 0. The Balaban J connectivity index is 2.09. The fourth-order valence-corrected chi connectivity index (χ4v) is 1.74. The lowest BCUT2D eigenvalue weighted by Crippen LogP contribution is -2.13. The minimum absolute atomic E-state index is 0.325. The van der Waals surface area contributed by atoms with E-state index in [4.69, 9.17) is 5.73 Å². The maximum absolute atomic E-state index is 12.4. The highest BCUT2D eigenvalue weighted by Crippen LogP contribution is 2.30. The quantitative estimate of drug-likeness (QED) is 0.664. The molecule has 20 heavy (non-hydrogen) atoms. The zero-order valence-corrected chi connectivity index (χ0v) is 10.8. The van der Waals surface area contributed by atoms with Crippen LogP contribution >= 0.6 is 0 Å². The van der Waals surface area contributed by atoms with Crippen LogP contribution in [-0.2, 0) is 6.18 Å². The van der Waals surface area contributed by atoms with Gasteiger partial charge in [-0.05, 0) is 36.8 Å². The number of hydrogen-bond donors (Lipinski definition) is 1. The molecular weight excluding hydrogens is 269 g/mol. The van der Waals surface area contributed by atoms with Crippen LogP contribution in [0.2, 0.25) is 0 Å². The van der Waals surface area contributed by atoms with E-state index in [9.17, 15) is 13.2 Å². The van der Waals surface area contributed by atoms with Gasteiger partial charge in [-0.3, -0.25) is 0 Å². The monoisotopic (exact) mass is 282 g/mol. The van der Waals surface area contributed by atoms with Crippen LogP contribution in [0.4, 0.5) is 18.9 Å². The zero-order chi connectivity index (χ0) is 14.8. The standard InChI is InChI=1S/C13H13F3N4/c1-8-9(7-18-20-8)6-12(17)19-11-4-2-10(3-5-11)13(14,15)16/h2-5H,6-7H2,1H3,(H2,17,19). The third-order valence-corrected chi connectivity index (χ3v) is 2.86. The Morgan fingerprint density at radius 1 is 1.30 bits per heavy atom.